The zero-order valence-corrected chi connectivity index (χ0v) is 18.5. The molecule has 0 spiro atoms. The predicted octanol–water partition coefficient (Wildman–Crippen LogP) is 3.99. The molecule has 0 fully saturated rings. The Morgan fingerprint density at radius 3 is 2.22 bits per heavy atom. The second kappa shape index (κ2) is 8.14. The van der Waals surface area contributed by atoms with Gasteiger partial charge in [0.25, 0.3) is 0 Å². The van der Waals surface area contributed by atoms with Gasteiger partial charge in [0.15, 0.2) is 23.0 Å². The lowest BCUT2D eigenvalue weighted by molar-refractivity contribution is 0.157. The lowest BCUT2D eigenvalue weighted by atomic mass is 9.83. The Hall–Kier alpha value is -1.67. The summed E-state index contributed by atoms with van der Waals surface area (Å²) in [7, 11) is 6.79. The minimum Gasteiger partial charge on any atom is -0.493 e. The molecule has 146 valence electrons. The van der Waals surface area contributed by atoms with Crippen molar-refractivity contribution in [3.8, 4) is 23.0 Å². The van der Waals surface area contributed by atoms with E-state index in [1.54, 1.807) is 28.4 Å². The molecular formula is C21H26INO4. The fourth-order valence-electron chi connectivity index (χ4n) is 4.32. The fraction of sp³-hybridized carbons (Fsp3) is 0.429. The van der Waals surface area contributed by atoms with Crippen molar-refractivity contribution in [1.82, 2.24) is 4.90 Å². The highest BCUT2D eigenvalue weighted by molar-refractivity contribution is 14.0. The quantitative estimate of drug-likeness (QED) is 0.616. The summed E-state index contributed by atoms with van der Waals surface area (Å²) < 4.78 is 22.2. The molecular weight excluding hydrogens is 457 g/mol. The third kappa shape index (κ3) is 3.33. The summed E-state index contributed by atoms with van der Waals surface area (Å²) in [5, 5.41) is 0. The third-order valence-electron chi connectivity index (χ3n) is 5.63. The molecule has 27 heavy (non-hydrogen) atoms. The normalized spacial score (nSPS) is 17.7. The van der Waals surface area contributed by atoms with E-state index in [4.69, 9.17) is 18.9 Å². The Balaban J connectivity index is 0.00000210. The first-order chi connectivity index (χ1) is 12.7. The zero-order valence-electron chi connectivity index (χ0n) is 16.2. The van der Waals surface area contributed by atoms with E-state index in [1.807, 2.05) is 6.07 Å². The Morgan fingerprint density at radius 1 is 0.852 bits per heavy atom. The van der Waals surface area contributed by atoms with Crippen molar-refractivity contribution in [2.24, 2.45) is 0 Å². The molecule has 2 aromatic carbocycles. The highest BCUT2D eigenvalue weighted by Crippen LogP contribution is 2.45. The monoisotopic (exact) mass is 483 g/mol. The van der Waals surface area contributed by atoms with Crippen LogP contribution < -0.4 is 18.9 Å². The van der Waals surface area contributed by atoms with Crippen LogP contribution in [0.15, 0.2) is 24.3 Å². The van der Waals surface area contributed by atoms with Crippen LogP contribution in [0.25, 0.3) is 0 Å². The number of nitrogens with zero attached hydrogens (tertiary/aromatic N) is 1. The third-order valence-corrected chi connectivity index (χ3v) is 5.63. The van der Waals surface area contributed by atoms with Crippen LogP contribution >= 0.6 is 24.0 Å². The van der Waals surface area contributed by atoms with E-state index in [0.29, 0.717) is 6.04 Å². The molecule has 2 aliphatic rings. The van der Waals surface area contributed by atoms with Gasteiger partial charge in [-0.05, 0) is 47.7 Å². The molecule has 0 radical (unpaired) electrons. The largest absolute Gasteiger partial charge is 0.493 e. The molecule has 2 heterocycles. The lowest BCUT2D eigenvalue weighted by Crippen LogP contribution is -2.39. The molecule has 2 aromatic rings. The number of rotatable bonds is 4. The van der Waals surface area contributed by atoms with Gasteiger partial charge in [0.1, 0.15) is 0 Å². The molecule has 0 saturated carbocycles. The van der Waals surface area contributed by atoms with Crippen molar-refractivity contribution < 1.29 is 18.9 Å². The number of halogens is 1. The Bertz CT molecular complexity index is 839. The van der Waals surface area contributed by atoms with Gasteiger partial charge in [-0.15, -0.1) is 24.0 Å². The van der Waals surface area contributed by atoms with Crippen molar-refractivity contribution in [2.45, 2.75) is 25.4 Å². The highest BCUT2D eigenvalue weighted by atomic mass is 127. The van der Waals surface area contributed by atoms with E-state index < -0.39 is 0 Å². The molecule has 0 amide bonds. The van der Waals surface area contributed by atoms with Gasteiger partial charge in [-0.2, -0.15) is 0 Å². The van der Waals surface area contributed by atoms with Crippen LogP contribution in [0, 0.1) is 0 Å². The Morgan fingerprint density at radius 2 is 1.56 bits per heavy atom. The summed E-state index contributed by atoms with van der Waals surface area (Å²) in [6.45, 7) is 1.89. The number of benzene rings is 2. The van der Waals surface area contributed by atoms with E-state index in [1.165, 1.54) is 22.3 Å². The first-order valence-corrected chi connectivity index (χ1v) is 8.91. The van der Waals surface area contributed by atoms with Crippen LogP contribution in [-0.4, -0.2) is 39.9 Å². The minimum atomic E-state index is 0. The number of ether oxygens (including phenoxy) is 4. The fourth-order valence-corrected chi connectivity index (χ4v) is 4.32. The van der Waals surface area contributed by atoms with Gasteiger partial charge in [0.05, 0.1) is 28.4 Å². The minimum absolute atomic E-state index is 0. The molecule has 4 rings (SSSR count). The molecule has 0 aromatic heterocycles. The van der Waals surface area contributed by atoms with Gasteiger partial charge in [-0.25, -0.2) is 0 Å². The van der Waals surface area contributed by atoms with Gasteiger partial charge in [-0.1, -0.05) is 6.07 Å². The second-order valence-electron chi connectivity index (χ2n) is 6.79. The van der Waals surface area contributed by atoms with Crippen molar-refractivity contribution in [1.29, 1.82) is 0 Å². The van der Waals surface area contributed by atoms with Gasteiger partial charge < -0.3 is 18.9 Å². The summed E-state index contributed by atoms with van der Waals surface area (Å²) >= 11 is 0. The van der Waals surface area contributed by atoms with Crippen LogP contribution in [0.5, 0.6) is 23.0 Å². The van der Waals surface area contributed by atoms with Gasteiger partial charge >= 0.3 is 0 Å². The molecule has 6 heteroatoms. The molecule has 0 N–H and O–H groups in total. The first kappa shape index (κ1) is 20.1. The molecule has 0 saturated heterocycles. The summed E-state index contributed by atoms with van der Waals surface area (Å²) in [5.41, 5.74) is 5.26. The van der Waals surface area contributed by atoms with Crippen molar-refractivity contribution >= 4 is 24.0 Å². The maximum atomic E-state index is 5.66. The molecule has 2 aliphatic heterocycles. The number of methoxy groups -OCH3 is 4. The van der Waals surface area contributed by atoms with Crippen LogP contribution in [0.1, 0.15) is 28.3 Å². The maximum absolute atomic E-state index is 5.66. The van der Waals surface area contributed by atoms with Crippen molar-refractivity contribution in [3.63, 3.8) is 0 Å². The van der Waals surface area contributed by atoms with E-state index in [9.17, 15) is 0 Å². The highest BCUT2D eigenvalue weighted by Gasteiger charge is 2.34. The number of fused-ring (bicyclic) bond motifs is 4. The number of hydrogen-bond acceptors (Lipinski definition) is 5. The molecule has 5 nitrogen and oxygen atoms in total. The summed E-state index contributed by atoms with van der Waals surface area (Å²) in [6, 6.07) is 8.81. The summed E-state index contributed by atoms with van der Waals surface area (Å²) in [4.78, 5) is 2.53. The van der Waals surface area contributed by atoms with Gasteiger partial charge in [0.2, 0.25) is 0 Å². The molecule has 0 bridgehead atoms. The van der Waals surface area contributed by atoms with Crippen LogP contribution in [0.3, 0.4) is 0 Å². The average molecular weight is 483 g/mol. The van der Waals surface area contributed by atoms with Crippen molar-refractivity contribution in [3.05, 3.63) is 46.5 Å². The first-order valence-electron chi connectivity index (χ1n) is 8.91. The van der Waals surface area contributed by atoms with Gasteiger partial charge in [0, 0.05) is 24.7 Å². The SMILES string of the molecule is COc1cc2c(cc1OC)C1Cc3ccc(OC)c(OC)c3CN1CC2.I. The van der Waals surface area contributed by atoms with E-state index >= 15 is 0 Å². The van der Waals surface area contributed by atoms with E-state index in [2.05, 4.69) is 23.1 Å². The molecule has 0 aliphatic carbocycles. The Kier molecular flexibility index (Phi) is 6.05. The maximum Gasteiger partial charge on any atom is 0.165 e. The summed E-state index contributed by atoms with van der Waals surface area (Å²) in [6.07, 6.45) is 1.96. The van der Waals surface area contributed by atoms with Crippen LogP contribution in [0.4, 0.5) is 0 Å². The van der Waals surface area contributed by atoms with Gasteiger partial charge in [-0.3, -0.25) is 4.90 Å². The summed E-state index contributed by atoms with van der Waals surface area (Å²) in [5.74, 6) is 3.27. The molecule has 1 atom stereocenters. The topological polar surface area (TPSA) is 40.2 Å². The average Bonchev–Trinajstić information content (AvgIpc) is 2.70. The number of hydrogen-bond donors (Lipinski definition) is 0. The van der Waals surface area contributed by atoms with Crippen molar-refractivity contribution in [2.75, 3.05) is 35.0 Å². The molecule has 1 unspecified atom stereocenters. The zero-order chi connectivity index (χ0) is 18.3. The van der Waals surface area contributed by atoms with E-state index in [-0.39, 0.29) is 24.0 Å². The van der Waals surface area contributed by atoms with Crippen LogP contribution in [0.2, 0.25) is 0 Å². The predicted molar refractivity (Wildman–Crippen MR) is 115 cm³/mol. The second-order valence-corrected chi connectivity index (χ2v) is 6.79. The Labute approximate surface area is 177 Å². The standard InChI is InChI=1S/C21H25NO4.HI/c1-23-18-6-5-13-9-17-15-11-20(25-3)19(24-2)10-14(15)7-8-22(17)12-16(13)21(18)26-4;/h5-6,10-11,17H,7-9,12H2,1-4H3;1H. The lowest BCUT2D eigenvalue weighted by Gasteiger charge is -2.42. The van der Waals surface area contributed by atoms with Crippen LogP contribution in [-0.2, 0) is 19.4 Å². The van der Waals surface area contributed by atoms with E-state index in [0.717, 1.165) is 48.9 Å². The smallest absolute Gasteiger partial charge is 0.165 e.